The number of fused-ring (bicyclic) bond motifs is 10. The molecule has 5 aromatic heterocycles. The number of pyridine rings is 2. The summed E-state index contributed by atoms with van der Waals surface area (Å²) >= 11 is 0. The van der Waals surface area contributed by atoms with Gasteiger partial charge in [-0.15, -0.1) is 0 Å². The zero-order valence-corrected chi connectivity index (χ0v) is 18.3. The van der Waals surface area contributed by atoms with Crippen LogP contribution in [0.15, 0.2) is 47.0 Å². The predicted octanol–water partition coefficient (Wildman–Crippen LogP) is 6.97. The summed E-state index contributed by atoms with van der Waals surface area (Å²) in [4.78, 5) is 9.92. The second-order valence-corrected chi connectivity index (χ2v) is 10.5. The van der Waals surface area contributed by atoms with Crippen LogP contribution in [-0.2, 0) is 10.8 Å². The lowest BCUT2D eigenvalue weighted by atomic mass is 9.89. The Morgan fingerprint density at radius 2 is 1.50 bits per heavy atom. The van der Waals surface area contributed by atoms with E-state index in [2.05, 4.69) is 76.3 Å². The molecule has 4 heteroatoms. The summed E-state index contributed by atoms with van der Waals surface area (Å²) in [5.74, 6) is 0. The molecule has 0 fully saturated rings. The Balaban J connectivity index is 1.82. The Morgan fingerprint density at radius 1 is 0.800 bits per heavy atom. The van der Waals surface area contributed by atoms with Crippen molar-refractivity contribution in [3.8, 4) is 0 Å². The van der Waals surface area contributed by atoms with Gasteiger partial charge in [0.2, 0.25) is 0 Å². The van der Waals surface area contributed by atoms with Crippen LogP contribution in [0.4, 0.5) is 0 Å². The normalized spacial score (nSPS) is 13.7. The molecule has 0 radical (unpaired) electrons. The van der Waals surface area contributed by atoms with Gasteiger partial charge in [0, 0.05) is 38.4 Å². The van der Waals surface area contributed by atoms with Crippen LogP contribution >= 0.6 is 0 Å². The molecule has 1 aromatic carbocycles. The Kier molecular flexibility index (Phi) is 3.13. The molecule has 150 valence electrons. The van der Waals surface area contributed by atoms with E-state index in [4.69, 9.17) is 14.4 Å². The highest BCUT2D eigenvalue weighted by Crippen LogP contribution is 2.38. The van der Waals surface area contributed by atoms with Gasteiger partial charge in [-0.1, -0.05) is 41.5 Å². The first-order chi connectivity index (χ1) is 14.1. The van der Waals surface area contributed by atoms with E-state index >= 15 is 0 Å². The zero-order valence-electron chi connectivity index (χ0n) is 18.3. The molecule has 0 aliphatic carbocycles. The molecule has 4 nitrogen and oxygen atoms in total. The molecule has 0 saturated heterocycles. The van der Waals surface area contributed by atoms with E-state index in [1.54, 1.807) is 0 Å². The molecule has 6 rings (SSSR count). The van der Waals surface area contributed by atoms with Crippen molar-refractivity contribution in [3.05, 3.63) is 54.0 Å². The van der Waals surface area contributed by atoms with E-state index < -0.39 is 0 Å². The third kappa shape index (κ3) is 2.28. The molecule has 6 aromatic rings. The average molecular weight is 396 g/mol. The van der Waals surface area contributed by atoms with E-state index in [0.29, 0.717) is 0 Å². The van der Waals surface area contributed by atoms with Crippen molar-refractivity contribution in [2.45, 2.75) is 52.4 Å². The maximum absolute atomic E-state index is 5.92. The highest BCUT2D eigenvalue weighted by Gasteiger charge is 2.24. The van der Waals surface area contributed by atoms with Crippen LogP contribution in [0.1, 0.15) is 52.9 Å². The molecule has 30 heavy (non-hydrogen) atoms. The van der Waals surface area contributed by atoms with Gasteiger partial charge >= 0.3 is 0 Å². The van der Waals surface area contributed by atoms with E-state index in [1.807, 2.05) is 12.3 Å². The maximum Gasteiger partial charge on any atom is 0.146 e. The van der Waals surface area contributed by atoms with E-state index in [-0.39, 0.29) is 10.8 Å². The summed E-state index contributed by atoms with van der Waals surface area (Å²) in [7, 11) is 0. The molecule has 5 heterocycles. The fourth-order valence-electron chi connectivity index (χ4n) is 4.54. The first kappa shape index (κ1) is 17.7. The van der Waals surface area contributed by atoms with Crippen LogP contribution in [0.2, 0.25) is 0 Å². The van der Waals surface area contributed by atoms with Crippen LogP contribution in [0.5, 0.6) is 0 Å². The van der Waals surface area contributed by atoms with Gasteiger partial charge in [0.25, 0.3) is 0 Å². The Bertz CT molecular complexity index is 1600. The predicted molar refractivity (Wildman–Crippen MR) is 124 cm³/mol. The average Bonchev–Trinajstić information content (AvgIpc) is 3.37. The van der Waals surface area contributed by atoms with Crippen molar-refractivity contribution in [2.24, 2.45) is 0 Å². The monoisotopic (exact) mass is 395 g/mol. The largest absolute Gasteiger partial charge is 0.456 e. The number of imidazole rings is 1. The lowest BCUT2D eigenvalue weighted by molar-refractivity contribution is 0.563. The van der Waals surface area contributed by atoms with Gasteiger partial charge in [0.1, 0.15) is 16.8 Å². The zero-order chi connectivity index (χ0) is 21.0. The second kappa shape index (κ2) is 5.31. The minimum absolute atomic E-state index is 0.0173. The molecular formula is C26H25N3O. The summed E-state index contributed by atoms with van der Waals surface area (Å²) in [5, 5.41) is 4.68. The summed E-state index contributed by atoms with van der Waals surface area (Å²) < 4.78 is 8.22. The maximum atomic E-state index is 5.92. The molecule has 0 aliphatic heterocycles. The number of hydrogen-bond donors (Lipinski definition) is 0. The van der Waals surface area contributed by atoms with Gasteiger partial charge in [-0.25, -0.2) is 4.98 Å². The Morgan fingerprint density at radius 3 is 2.17 bits per heavy atom. The quantitative estimate of drug-likeness (QED) is 0.261. The van der Waals surface area contributed by atoms with Crippen LogP contribution < -0.4 is 0 Å². The summed E-state index contributed by atoms with van der Waals surface area (Å²) in [6.45, 7) is 13.3. The summed E-state index contributed by atoms with van der Waals surface area (Å²) in [6.07, 6.45) is 1.99. The minimum Gasteiger partial charge on any atom is -0.456 e. The Hall–Kier alpha value is -3.14. The van der Waals surface area contributed by atoms with Crippen molar-refractivity contribution >= 4 is 49.4 Å². The first-order valence-corrected chi connectivity index (χ1v) is 10.5. The van der Waals surface area contributed by atoms with Crippen molar-refractivity contribution in [1.29, 1.82) is 0 Å². The van der Waals surface area contributed by atoms with E-state index in [9.17, 15) is 0 Å². The second-order valence-electron chi connectivity index (χ2n) is 10.5. The topological polar surface area (TPSA) is 43.3 Å². The molecule has 0 N–H and O–H groups in total. The molecule has 0 aliphatic rings. The fraction of sp³-hybridized carbons (Fsp3) is 0.308. The molecular weight excluding hydrogens is 370 g/mol. The third-order valence-corrected chi connectivity index (χ3v) is 6.18. The molecule has 0 atom stereocenters. The lowest BCUT2D eigenvalue weighted by Gasteiger charge is -2.22. The smallest absolute Gasteiger partial charge is 0.146 e. The van der Waals surface area contributed by atoms with Crippen molar-refractivity contribution in [2.75, 3.05) is 0 Å². The molecule has 0 spiro atoms. The molecule has 2 bridgehead atoms. The van der Waals surface area contributed by atoms with Gasteiger partial charge in [-0.2, -0.15) is 0 Å². The molecule has 0 amide bonds. The van der Waals surface area contributed by atoms with Crippen LogP contribution in [0.3, 0.4) is 0 Å². The number of rotatable bonds is 0. The lowest BCUT2D eigenvalue weighted by Crippen LogP contribution is -2.16. The highest BCUT2D eigenvalue weighted by molar-refractivity contribution is 6.15. The molecule has 0 unspecified atom stereocenters. The third-order valence-electron chi connectivity index (χ3n) is 6.18. The number of furan rings is 2. The van der Waals surface area contributed by atoms with E-state index in [0.717, 1.165) is 44.3 Å². The van der Waals surface area contributed by atoms with Gasteiger partial charge in [0.05, 0.1) is 17.2 Å². The van der Waals surface area contributed by atoms with Crippen molar-refractivity contribution in [3.63, 3.8) is 0 Å². The number of hydrogen-bond acceptors (Lipinski definition) is 3. The summed E-state index contributed by atoms with van der Waals surface area (Å²) in [6, 6.07) is 13.0. The van der Waals surface area contributed by atoms with Gasteiger partial charge < -0.3 is 4.42 Å². The molecule has 0 saturated carbocycles. The van der Waals surface area contributed by atoms with Crippen LogP contribution in [0.25, 0.3) is 49.4 Å². The van der Waals surface area contributed by atoms with Gasteiger partial charge in [-0.05, 0) is 41.8 Å². The van der Waals surface area contributed by atoms with E-state index in [1.165, 1.54) is 16.5 Å². The highest BCUT2D eigenvalue weighted by atomic mass is 16.3. The van der Waals surface area contributed by atoms with Crippen LogP contribution in [-0.4, -0.2) is 14.4 Å². The summed E-state index contributed by atoms with van der Waals surface area (Å²) in [5.41, 5.74) is 7.16. The minimum atomic E-state index is -0.0426. The van der Waals surface area contributed by atoms with Gasteiger partial charge in [-0.3, -0.25) is 9.38 Å². The number of nitrogens with zero attached hydrogens (tertiary/aromatic N) is 3. The first-order valence-electron chi connectivity index (χ1n) is 10.5. The van der Waals surface area contributed by atoms with Crippen LogP contribution in [0, 0.1) is 0 Å². The Labute approximate surface area is 174 Å². The van der Waals surface area contributed by atoms with Gasteiger partial charge in [0.15, 0.2) is 0 Å². The fourth-order valence-corrected chi connectivity index (χ4v) is 4.54. The van der Waals surface area contributed by atoms with Crippen molar-refractivity contribution < 1.29 is 4.42 Å². The number of aromatic nitrogens is 3. The SMILES string of the molecule is CC(C)(C)c1cc2nc3c4cc5c6ccc(o6)c5cc4cc(C(C)(C)C)n3c2cn1. The number of benzene rings is 2. The van der Waals surface area contributed by atoms with Crippen molar-refractivity contribution in [1.82, 2.24) is 14.4 Å². The standard InChI is InChI=1S/C26H25N3O/c1-25(2,3)22-12-18-19(13-27-22)29-23(26(4,5)6)10-14-9-16-17(11-15(14)24(29)28-18)21-8-7-20(16)30-21/h7-13H,1-6H3.